The maximum atomic E-state index is 9.29. The summed E-state index contributed by atoms with van der Waals surface area (Å²) in [6, 6.07) is 6.68. The number of rotatable bonds is 7. The van der Waals surface area contributed by atoms with E-state index in [4.69, 9.17) is 16.7 Å². The molecule has 1 aliphatic carbocycles. The molecular formula is C13H18ClNO2S. The number of aliphatic hydroxyl groups excluding tert-OH is 2. The van der Waals surface area contributed by atoms with Gasteiger partial charge in [-0.15, -0.1) is 11.8 Å². The minimum atomic E-state index is -0.692. The Morgan fingerprint density at radius 3 is 2.83 bits per heavy atom. The van der Waals surface area contributed by atoms with Crippen molar-refractivity contribution in [2.24, 2.45) is 0 Å². The second-order valence-electron chi connectivity index (χ2n) is 4.57. The van der Waals surface area contributed by atoms with Gasteiger partial charge in [0.05, 0.1) is 17.7 Å². The van der Waals surface area contributed by atoms with E-state index in [1.54, 1.807) is 0 Å². The number of hydrogen-bond acceptors (Lipinski definition) is 4. The molecule has 1 atom stereocenters. The molecule has 5 heteroatoms. The minimum Gasteiger partial charge on any atom is -0.394 e. The molecule has 3 N–H and O–H groups in total. The monoisotopic (exact) mass is 287 g/mol. The van der Waals surface area contributed by atoms with Crippen LogP contribution in [0.4, 0.5) is 0 Å². The third-order valence-corrected chi connectivity index (χ3v) is 4.45. The number of hydrogen-bond donors (Lipinski definition) is 3. The number of nitrogens with one attached hydrogen (secondary N) is 1. The SMILES string of the molecule is OCC(O)CSc1ccc(CNC2CC2)cc1Cl. The van der Waals surface area contributed by atoms with Crippen molar-refractivity contribution in [1.29, 1.82) is 0 Å². The van der Waals surface area contributed by atoms with Gasteiger partial charge in [0.2, 0.25) is 0 Å². The van der Waals surface area contributed by atoms with Crippen molar-refractivity contribution in [3.05, 3.63) is 28.8 Å². The number of aliphatic hydroxyl groups is 2. The second kappa shape index (κ2) is 6.78. The lowest BCUT2D eigenvalue weighted by molar-refractivity contribution is 0.113. The Balaban J connectivity index is 1.87. The first-order chi connectivity index (χ1) is 8.69. The van der Waals surface area contributed by atoms with E-state index < -0.39 is 6.10 Å². The summed E-state index contributed by atoms with van der Waals surface area (Å²) in [5, 5.41) is 22.2. The average Bonchev–Trinajstić information content (AvgIpc) is 3.18. The summed E-state index contributed by atoms with van der Waals surface area (Å²) in [6.07, 6.45) is 1.86. The molecule has 1 aromatic rings. The molecule has 100 valence electrons. The maximum Gasteiger partial charge on any atom is 0.0864 e. The van der Waals surface area contributed by atoms with Crippen molar-refractivity contribution >= 4 is 23.4 Å². The van der Waals surface area contributed by atoms with E-state index in [0.29, 0.717) is 16.8 Å². The van der Waals surface area contributed by atoms with Crippen molar-refractivity contribution in [1.82, 2.24) is 5.32 Å². The quantitative estimate of drug-likeness (QED) is 0.672. The van der Waals surface area contributed by atoms with Crippen molar-refractivity contribution in [3.63, 3.8) is 0 Å². The fourth-order valence-corrected chi connectivity index (χ4v) is 2.76. The van der Waals surface area contributed by atoms with Crippen LogP contribution in [0.1, 0.15) is 18.4 Å². The molecule has 18 heavy (non-hydrogen) atoms. The maximum absolute atomic E-state index is 9.29. The Morgan fingerprint density at radius 1 is 1.44 bits per heavy atom. The third-order valence-electron chi connectivity index (χ3n) is 2.81. The van der Waals surface area contributed by atoms with Gasteiger partial charge in [-0.2, -0.15) is 0 Å². The Kier molecular flexibility index (Phi) is 5.33. The Hall–Kier alpha value is -0.260. The second-order valence-corrected chi connectivity index (χ2v) is 6.04. The molecule has 0 spiro atoms. The first kappa shape index (κ1) is 14.2. The summed E-state index contributed by atoms with van der Waals surface area (Å²) >= 11 is 7.66. The van der Waals surface area contributed by atoms with Gasteiger partial charge in [0.15, 0.2) is 0 Å². The van der Waals surface area contributed by atoms with E-state index in [2.05, 4.69) is 11.4 Å². The summed E-state index contributed by atoms with van der Waals surface area (Å²) in [5.41, 5.74) is 1.18. The highest BCUT2D eigenvalue weighted by molar-refractivity contribution is 7.99. The van der Waals surface area contributed by atoms with E-state index in [-0.39, 0.29) is 6.61 Å². The highest BCUT2D eigenvalue weighted by Gasteiger charge is 2.20. The summed E-state index contributed by atoms with van der Waals surface area (Å²) in [6.45, 7) is 0.641. The predicted molar refractivity (Wildman–Crippen MR) is 75.1 cm³/mol. The zero-order valence-corrected chi connectivity index (χ0v) is 11.7. The van der Waals surface area contributed by atoms with Crippen LogP contribution in [-0.4, -0.2) is 34.7 Å². The molecular weight excluding hydrogens is 270 g/mol. The molecule has 1 aromatic carbocycles. The van der Waals surface area contributed by atoms with E-state index in [0.717, 1.165) is 11.4 Å². The fourth-order valence-electron chi connectivity index (χ4n) is 1.56. The van der Waals surface area contributed by atoms with Crippen molar-refractivity contribution in [2.75, 3.05) is 12.4 Å². The van der Waals surface area contributed by atoms with Crippen LogP contribution in [0, 0.1) is 0 Å². The van der Waals surface area contributed by atoms with Crippen molar-refractivity contribution < 1.29 is 10.2 Å². The Bertz CT molecular complexity index is 399. The third kappa shape index (κ3) is 4.44. The summed E-state index contributed by atoms with van der Waals surface area (Å²) < 4.78 is 0. The molecule has 2 rings (SSSR count). The fraction of sp³-hybridized carbons (Fsp3) is 0.538. The molecule has 3 nitrogen and oxygen atoms in total. The van der Waals surface area contributed by atoms with Crippen LogP contribution >= 0.6 is 23.4 Å². The van der Waals surface area contributed by atoms with Crippen LogP contribution in [0.2, 0.25) is 5.02 Å². The highest BCUT2D eigenvalue weighted by Crippen LogP contribution is 2.29. The lowest BCUT2D eigenvalue weighted by Gasteiger charge is -2.09. The molecule has 1 unspecified atom stereocenters. The topological polar surface area (TPSA) is 52.5 Å². The molecule has 1 aliphatic rings. The summed E-state index contributed by atoms with van der Waals surface area (Å²) in [7, 11) is 0. The van der Waals surface area contributed by atoms with E-state index >= 15 is 0 Å². The van der Waals surface area contributed by atoms with Crippen molar-refractivity contribution in [3.8, 4) is 0 Å². The predicted octanol–water partition coefficient (Wildman–Crippen LogP) is 2.04. The van der Waals surface area contributed by atoms with E-state index in [1.807, 2.05) is 12.1 Å². The molecule has 0 bridgehead atoms. The van der Waals surface area contributed by atoms with Crippen LogP contribution in [0.5, 0.6) is 0 Å². The van der Waals surface area contributed by atoms with Gasteiger partial charge < -0.3 is 15.5 Å². The zero-order chi connectivity index (χ0) is 13.0. The summed E-state index contributed by atoms with van der Waals surface area (Å²) in [4.78, 5) is 0.944. The van der Waals surface area contributed by atoms with Crippen LogP contribution in [0.25, 0.3) is 0 Å². The molecule has 1 fully saturated rings. The van der Waals surface area contributed by atoms with Gasteiger partial charge in [-0.25, -0.2) is 0 Å². The largest absolute Gasteiger partial charge is 0.394 e. The Morgan fingerprint density at radius 2 is 2.22 bits per heavy atom. The van der Waals surface area contributed by atoms with Gasteiger partial charge in [0.1, 0.15) is 0 Å². The lowest BCUT2D eigenvalue weighted by Crippen LogP contribution is -2.15. The first-order valence-electron chi connectivity index (χ1n) is 6.12. The van der Waals surface area contributed by atoms with Crippen LogP contribution in [-0.2, 0) is 6.54 Å². The van der Waals surface area contributed by atoms with Crippen LogP contribution in [0.3, 0.4) is 0 Å². The van der Waals surface area contributed by atoms with Crippen LogP contribution in [0.15, 0.2) is 23.1 Å². The average molecular weight is 288 g/mol. The first-order valence-corrected chi connectivity index (χ1v) is 7.49. The zero-order valence-electron chi connectivity index (χ0n) is 10.1. The van der Waals surface area contributed by atoms with Gasteiger partial charge in [0.25, 0.3) is 0 Å². The molecule has 0 saturated heterocycles. The molecule has 0 heterocycles. The highest BCUT2D eigenvalue weighted by atomic mass is 35.5. The molecule has 1 saturated carbocycles. The lowest BCUT2D eigenvalue weighted by atomic mass is 10.2. The minimum absolute atomic E-state index is 0.214. The molecule has 0 radical (unpaired) electrons. The molecule has 0 aromatic heterocycles. The van der Waals surface area contributed by atoms with Gasteiger partial charge >= 0.3 is 0 Å². The van der Waals surface area contributed by atoms with Gasteiger partial charge in [-0.1, -0.05) is 17.7 Å². The van der Waals surface area contributed by atoms with Gasteiger partial charge in [0, 0.05) is 23.2 Å². The molecule has 0 aliphatic heterocycles. The van der Waals surface area contributed by atoms with Crippen LogP contribution < -0.4 is 5.32 Å². The van der Waals surface area contributed by atoms with E-state index in [9.17, 15) is 5.11 Å². The standard InChI is InChI=1S/C13H18ClNO2S/c14-12-5-9(6-15-10-2-3-10)1-4-13(12)18-8-11(17)7-16/h1,4-5,10-11,15-17H,2-3,6-8H2. The van der Waals surface area contributed by atoms with Gasteiger partial charge in [-0.05, 0) is 30.5 Å². The number of halogens is 1. The summed E-state index contributed by atoms with van der Waals surface area (Å²) in [5.74, 6) is 0.454. The number of thioether (sulfide) groups is 1. The van der Waals surface area contributed by atoms with E-state index in [1.165, 1.54) is 30.2 Å². The van der Waals surface area contributed by atoms with Gasteiger partial charge in [-0.3, -0.25) is 0 Å². The Labute approximate surface area is 117 Å². The normalized spacial score (nSPS) is 16.8. The van der Waals surface area contributed by atoms with Crippen molar-refractivity contribution in [2.45, 2.75) is 36.4 Å². The smallest absolute Gasteiger partial charge is 0.0864 e. The number of benzene rings is 1. The molecule has 0 amide bonds.